The van der Waals surface area contributed by atoms with Gasteiger partial charge in [0.25, 0.3) is 0 Å². The van der Waals surface area contributed by atoms with E-state index in [-0.39, 0.29) is 11.8 Å². The van der Waals surface area contributed by atoms with Gasteiger partial charge < -0.3 is 15.8 Å². The van der Waals surface area contributed by atoms with E-state index in [1.54, 1.807) is 0 Å². The molecule has 4 heteroatoms. The van der Waals surface area contributed by atoms with Crippen LogP contribution < -0.4 is 11.1 Å². The van der Waals surface area contributed by atoms with Crippen LogP contribution in [-0.4, -0.2) is 25.7 Å². The van der Waals surface area contributed by atoms with Crippen molar-refractivity contribution < 1.29 is 9.53 Å². The van der Waals surface area contributed by atoms with Crippen LogP contribution in [0.25, 0.3) is 0 Å². The molecule has 1 aromatic carbocycles. The van der Waals surface area contributed by atoms with Crippen molar-refractivity contribution in [1.82, 2.24) is 0 Å². The van der Waals surface area contributed by atoms with E-state index in [9.17, 15) is 4.79 Å². The lowest BCUT2D eigenvalue weighted by molar-refractivity contribution is -0.123. The molecule has 1 atom stereocenters. The molecule has 1 saturated heterocycles. The van der Waals surface area contributed by atoms with Gasteiger partial charge in [0.1, 0.15) is 0 Å². The number of hydrogen-bond donors (Lipinski definition) is 2. The Morgan fingerprint density at radius 1 is 1.50 bits per heavy atom. The predicted octanol–water partition coefficient (Wildman–Crippen LogP) is 1.67. The molecule has 106 valence electrons. The lowest BCUT2D eigenvalue weighted by atomic mass is 10.0. The van der Waals surface area contributed by atoms with E-state index in [1.165, 1.54) is 0 Å². The monoisotopic (exact) mass is 272 g/mol. The summed E-state index contributed by atoms with van der Waals surface area (Å²) in [7, 11) is 0. The molecule has 0 aliphatic carbocycles. The van der Waals surface area contributed by atoms with E-state index in [4.69, 9.17) is 10.5 Å². The number of benzene rings is 1. The zero-order chi connectivity index (χ0) is 14.4. The van der Waals surface area contributed by atoms with Gasteiger partial charge in [-0.05, 0) is 43.5 Å². The van der Waals surface area contributed by atoms with Crippen molar-refractivity contribution in [3.05, 3.63) is 29.3 Å². The second-order valence-electron chi connectivity index (χ2n) is 5.00. The number of nitrogens with two attached hydrogens (primary N) is 1. The zero-order valence-corrected chi connectivity index (χ0v) is 11.7. The van der Waals surface area contributed by atoms with E-state index in [0.717, 1.165) is 36.3 Å². The molecule has 0 radical (unpaired) electrons. The predicted molar refractivity (Wildman–Crippen MR) is 79.3 cm³/mol. The third kappa shape index (κ3) is 4.09. The standard InChI is InChI=1S/C16H20N2O2/c1-12-8-13(4-2-6-17)10-15(9-12)18-16(19)14-5-3-7-20-11-14/h8-10,14H,3,5-7,11,17H2,1H3,(H,18,19). The van der Waals surface area contributed by atoms with Crippen LogP contribution in [0.5, 0.6) is 0 Å². The molecule has 1 unspecified atom stereocenters. The van der Waals surface area contributed by atoms with Crippen molar-refractivity contribution in [1.29, 1.82) is 0 Å². The van der Waals surface area contributed by atoms with E-state index in [1.807, 2.05) is 25.1 Å². The molecule has 0 bridgehead atoms. The number of anilines is 1. The van der Waals surface area contributed by atoms with Crippen LogP contribution >= 0.6 is 0 Å². The van der Waals surface area contributed by atoms with Crippen molar-refractivity contribution >= 4 is 11.6 Å². The molecule has 0 aromatic heterocycles. The number of carbonyl (C=O) groups excluding carboxylic acids is 1. The molecular weight excluding hydrogens is 252 g/mol. The van der Waals surface area contributed by atoms with Gasteiger partial charge in [-0.1, -0.05) is 11.8 Å². The van der Waals surface area contributed by atoms with Gasteiger partial charge in [-0.15, -0.1) is 0 Å². The quantitative estimate of drug-likeness (QED) is 0.805. The maximum Gasteiger partial charge on any atom is 0.229 e. The second kappa shape index (κ2) is 7.09. The molecule has 1 aliphatic rings. The van der Waals surface area contributed by atoms with Crippen LogP contribution in [-0.2, 0) is 9.53 Å². The minimum atomic E-state index is -0.0529. The molecule has 2 rings (SSSR count). The fraction of sp³-hybridized carbons (Fsp3) is 0.438. The van der Waals surface area contributed by atoms with Crippen LogP contribution in [0.4, 0.5) is 5.69 Å². The third-order valence-corrected chi connectivity index (χ3v) is 3.21. The van der Waals surface area contributed by atoms with Crippen LogP contribution in [0.3, 0.4) is 0 Å². The van der Waals surface area contributed by atoms with E-state index >= 15 is 0 Å². The summed E-state index contributed by atoms with van der Waals surface area (Å²) in [6.07, 6.45) is 1.83. The lowest BCUT2D eigenvalue weighted by Crippen LogP contribution is -2.30. The summed E-state index contributed by atoms with van der Waals surface area (Å²) in [5, 5.41) is 2.95. The normalized spacial score (nSPS) is 18.0. The number of rotatable bonds is 2. The van der Waals surface area contributed by atoms with Gasteiger partial charge in [0.2, 0.25) is 5.91 Å². The molecule has 1 heterocycles. The average molecular weight is 272 g/mol. The minimum Gasteiger partial charge on any atom is -0.381 e. The largest absolute Gasteiger partial charge is 0.381 e. The summed E-state index contributed by atoms with van der Waals surface area (Å²) in [5.74, 6) is 5.78. The Bertz CT molecular complexity index is 537. The highest BCUT2D eigenvalue weighted by Gasteiger charge is 2.21. The van der Waals surface area contributed by atoms with Crippen molar-refractivity contribution in [2.75, 3.05) is 25.1 Å². The van der Waals surface area contributed by atoms with Gasteiger partial charge in [-0.2, -0.15) is 0 Å². The molecule has 20 heavy (non-hydrogen) atoms. The summed E-state index contributed by atoms with van der Waals surface area (Å²) in [5.41, 5.74) is 8.08. The molecule has 0 saturated carbocycles. The highest BCUT2D eigenvalue weighted by atomic mass is 16.5. The van der Waals surface area contributed by atoms with Gasteiger partial charge >= 0.3 is 0 Å². The van der Waals surface area contributed by atoms with Crippen molar-refractivity contribution in [3.8, 4) is 11.8 Å². The Morgan fingerprint density at radius 3 is 3.05 bits per heavy atom. The van der Waals surface area contributed by atoms with E-state index < -0.39 is 0 Å². The van der Waals surface area contributed by atoms with Gasteiger partial charge in [0, 0.05) is 17.9 Å². The Balaban J connectivity index is 2.08. The zero-order valence-electron chi connectivity index (χ0n) is 11.7. The maximum atomic E-state index is 12.2. The van der Waals surface area contributed by atoms with Gasteiger partial charge in [-0.3, -0.25) is 4.79 Å². The summed E-state index contributed by atoms with van der Waals surface area (Å²) in [6, 6.07) is 5.79. The number of amides is 1. The highest BCUT2D eigenvalue weighted by Crippen LogP contribution is 2.18. The average Bonchev–Trinajstić information content (AvgIpc) is 2.45. The van der Waals surface area contributed by atoms with E-state index in [2.05, 4.69) is 17.2 Å². The first kappa shape index (κ1) is 14.6. The van der Waals surface area contributed by atoms with Gasteiger partial charge in [0.15, 0.2) is 0 Å². The molecule has 3 N–H and O–H groups in total. The molecule has 1 aromatic rings. The topological polar surface area (TPSA) is 64.3 Å². The summed E-state index contributed by atoms with van der Waals surface area (Å²) >= 11 is 0. The number of aryl methyl sites for hydroxylation is 1. The minimum absolute atomic E-state index is 0.0213. The molecule has 4 nitrogen and oxygen atoms in total. The Hall–Kier alpha value is -1.83. The van der Waals surface area contributed by atoms with Crippen LogP contribution in [0.15, 0.2) is 18.2 Å². The number of carbonyl (C=O) groups is 1. The molecular formula is C16H20N2O2. The molecule has 1 aliphatic heterocycles. The molecule has 0 spiro atoms. The Morgan fingerprint density at radius 2 is 2.35 bits per heavy atom. The first-order valence-electron chi connectivity index (χ1n) is 6.88. The van der Waals surface area contributed by atoms with Crippen LogP contribution in [0, 0.1) is 24.7 Å². The number of hydrogen-bond acceptors (Lipinski definition) is 3. The van der Waals surface area contributed by atoms with Crippen molar-refractivity contribution in [2.45, 2.75) is 19.8 Å². The van der Waals surface area contributed by atoms with E-state index in [0.29, 0.717) is 13.2 Å². The fourth-order valence-corrected chi connectivity index (χ4v) is 2.27. The highest BCUT2D eigenvalue weighted by molar-refractivity contribution is 5.93. The second-order valence-corrected chi connectivity index (χ2v) is 5.00. The van der Waals surface area contributed by atoms with Gasteiger partial charge in [-0.25, -0.2) is 0 Å². The van der Waals surface area contributed by atoms with Gasteiger partial charge in [0.05, 0.1) is 19.1 Å². The first-order valence-corrected chi connectivity index (χ1v) is 6.88. The third-order valence-electron chi connectivity index (χ3n) is 3.21. The summed E-state index contributed by atoms with van der Waals surface area (Å²) < 4.78 is 5.34. The van der Waals surface area contributed by atoms with Crippen molar-refractivity contribution in [2.24, 2.45) is 11.7 Å². The van der Waals surface area contributed by atoms with Crippen molar-refractivity contribution in [3.63, 3.8) is 0 Å². The first-order chi connectivity index (χ1) is 9.69. The summed E-state index contributed by atoms with van der Waals surface area (Å²) in [4.78, 5) is 12.2. The Kier molecular flexibility index (Phi) is 5.16. The lowest BCUT2D eigenvalue weighted by Gasteiger charge is -2.21. The SMILES string of the molecule is Cc1cc(C#CCN)cc(NC(=O)C2CCCOC2)c1. The fourth-order valence-electron chi connectivity index (χ4n) is 2.27. The number of nitrogens with one attached hydrogen (secondary N) is 1. The maximum absolute atomic E-state index is 12.2. The molecule has 1 fully saturated rings. The smallest absolute Gasteiger partial charge is 0.229 e. The summed E-state index contributed by atoms with van der Waals surface area (Å²) in [6.45, 7) is 3.58. The Labute approximate surface area is 119 Å². The van der Waals surface area contributed by atoms with Crippen LogP contribution in [0.2, 0.25) is 0 Å². The number of ether oxygens (including phenoxy) is 1. The molecule has 1 amide bonds. The van der Waals surface area contributed by atoms with Crippen LogP contribution in [0.1, 0.15) is 24.0 Å².